The molecule has 1 rings (SSSR count). The van der Waals surface area contributed by atoms with Gasteiger partial charge in [0.15, 0.2) is 0 Å². The molecule has 1 aromatic rings. The van der Waals surface area contributed by atoms with Crippen LogP contribution in [0, 0.1) is 0 Å². The van der Waals surface area contributed by atoms with E-state index in [9.17, 15) is 4.79 Å². The van der Waals surface area contributed by atoms with E-state index >= 15 is 0 Å². The average Bonchev–Trinajstić information content (AvgIpc) is 2.09. The van der Waals surface area contributed by atoms with Gasteiger partial charge in [0.2, 0.25) is 5.91 Å². The Morgan fingerprint density at radius 3 is 2.43 bits per heavy atom. The Bertz CT molecular complexity index is 289. The van der Waals surface area contributed by atoms with Gasteiger partial charge in [0, 0.05) is 23.1 Å². The van der Waals surface area contributed by atoms with Crippen LogP contribution in [-0.2, 0) is 4.79 Å². The standard InChI is InChI=1S/C9H11BrN2O.ClH/c10-7-1-3-8(4-2-7)12-9(13)5-6-11;/h1-4H,5-6,11H2,(H,12,13);1H. The zero-order valence-electron chi connectivity index (χ0n) is 7.50. The summed E-state index contributed by atoms with van der Waals surface area (Å²) < 4.78 is 0.990. The topological polar surface area (TPSA) is 55.1 Å². The lowest BCUT2D eigenvalue weighted by molar-refractivity contribution is -0.116. The van der Waals surface area contributed by atoms with Crippen LogP contribution in [0.25, 0.3) is 0 Å². The summed E-state index contributed by atoms with van der Waals surface area (Å²) in [5, 5.41) is 2.73. The summed E-state index contributed by atoms with van der Waals surface area (Å²) in [6.07, 6.45) is 0.357. The van der Waals surface area contributed by atoms with Crippen molar-refractivity contribution in [2.45, 2.75) is 6.42 Å². The first kappa shape index (κ1) is 13.4. The van der Waals surface area contributed by atoms with Crippen LogP contribution < -0.4 is 11.1 Å². The van der Waals surface area contributed by atoms with Crippen LogP contribution in [0.4, 0.5) is 5.69 Å². The molecule has 0 heterocycles. The lowest BCUT2D eigenvalue weighted by Gasteiger charge is -2.03. The second-order valence-electron chi connectivity index (χ2n) is 2.59. The second kappa shape index (κ2) is 6.81. The van der Waals surface area contributed by atoms with Gasteiger partial charge in [0.1, 0.15) is 0 Å². The van der Waals surface area contributed by atoms with Crippen LogP contribution in [0.1, 0.15) is 6.42 Å². The first-order valence-corrected chi connectivity index (χ1v) is 4.77. The van der Waals surface area contributed by atoms with Gasteiger partial charge in [-0.1, -0.05) is 15.9 Å². The molecular weight excluding hydrogens is 267 g/mol. The summed E-state index contributed by atoms with van der Waals surface area (Å²) in [6, 6.07) is 7.41. The van der Waals surface area contributed by atoms with E-state index in [0.29, 0.717) is 13.0 Å². The Kier molecular flexibility index (Phi) is 6.53. The van der Waals surface area contributed by atoms with Crippen molar-refractivity contribution >= 4 is 39.9 Å². The predicted octanol–water partition coefficient (Wildman–Crippen LogP) is 2.16. The van der Waals surface area contributed by atoms with Crippen LogP contribution in [0.3, 0.4) is 0 Å². The maximum absolute atomic E-state index is 11.1. The Hall–Kier alpha value is -0.580. The molecule has 0 saturated heterocycles. The van der Waals surface area contributed by atoms with Gasteiger partial charge in [-0.2, -0.15) is 0 Å². The Morgan fingerprint density at radius 1 is 1.36 bits per heavy atom. The summed E-state index contributed by atoms with van der Waals surface area (Å²) in [7, 11) is 0. The normalized spacial score (nSPS) is 9.00. The molecule has 3 nitrogen and oxygen atoms in total. The smallest absolute Gasteiger partial charge is 0.225 e. The zero-order valence-corrected chi connectivity index (χ0v) is 9.90. The van der Waals surface area contributed by atoms with Crippen LogP contribution in [0.5, 0.6) is 0 Å². The number of rotatable bonds is 3. The van der Waals surface area contributed by atoms with Gasteiger partial charge in [0.05, 0.1) is 0 Å². The average molecular weight is 280 g/mol. The molecule has 0 saturated carbocycles. The summed E-state index contributed by atoms with van der Waals surface area (Å²) in [6.45, 7) is 0.377. The number of nitrogens with one attached hydrogen (secondary N) is 1. The minimum Gasteiger partial charge on any atom is -0.330 e. The summed E-state index contributed by atoms with van der Waals surface area (Å²) in [5.74, 6) is -0.0511. The number of nitrogens with two attached hydrogens (primary N) is 1. The van der Waals surface area contributed by atoms with Crippen molar-refractivity contribution < 1.29 is 4.79 Å². The molecule has 0 atom stereocenters. The highest BCUT2D eigenvalue weighted by Crippen LogP contribution is 2.13. The Labute approximate surface area is 97.6 Å². The van der Waals surface area contributed by atoms with E-state index in [1.807, 2.05) is 24.3 Å². The fourth-order valence-corrected chi connectivity index (χ4v) is 1.15. The SMILES string of the molecule is Cl.NCCC(=O)Nc1ccc(Br)cc1. The molecule has 1 amide bonds. The maximum atomic E-state index is 11.1. The van der Waals surface area contributed by atoms with Crippen molar-refractivity contribution in [1.29, 1.82) is 0 Å². The van der Waals surface area contributed by atoms with Gasteiger partial charge in [-0.15, -0.1) is 12.4 Å². The second-order valence-corrected chi connectivity index (χ2v) is 3.51. The minimum atomic E-state index is -0.0511. The van der Waals surface area contributed by atoms with E-state index in [4.69, 9.17) is 5.73 Å². The molecule has 0 radical (unpaired) electrons. The molecule has 14 heavy (non-hydrogen) atoms. The molecule has 0 aliphatic carbocycles. The van der Waals surface area contributed by atoms with Gasteiger partial charge in [-0.25, -0.2) is 0 Å². The predicted molar refractivity (Wildman–Crippen MR) is 63.7 cm³/mol. The molecule has 0 fully saturated rings. The van der Waals surface area contributed by atoms with E-state index in [0.717, 1.165) is 10.2 Å². The van der Waals surface area contributed by atoms with Gasteiger partial charge in [-0.3, -0.25) is 4.79 Å². The molecule has 0 aromatic heterocycles. The largest absolute Gasteiger partial charge is 0.330 e. The van der Waals surface area contributed by atoms with Crippen molar-refractivity contribution in [2.75, 3.05) is 11.9 Å². The third kappa shape index (κ3) is 4.60. The highest BCUT2D eigenvalue weighted by molar-refractivity contribution is 9.10. The van der Waals surface area contributed by atoms with Crippen molar-refractivity contribution in [1.82, 2.24) is 0 Å². The molecule has 78 valence electrons. The van der Waals surface area contributed by atoms with Crippen LogP contribution in [0.2, 0.25) is 0 Å². The maximum Gasteiger partial charge on any atom is 0.225 e. The number of hydrogen-bond acceptors (Lipinski definition) is 2. The molecule has 0 bridgehead atoms. The molecule has 0 aliphatic heterocycles. The summed E-state index contributed by atoms with van der Waals surface area (Å²) >= 11 is 3.31. The van der Waals surface area contributed by atoms with Crippen molar-refractivity contribution in [2.24, 2.45) is 5.73 Å². The van der Waals surface area contributed by atoms with Crippen LogP contribution in [0.15, 0.2) is 28.7 Å². The van der Waals surface area contributed by atoms with Gasteiger partial charge >= 0.3 is 0 Å². The van der Waals surface area contributed by atoms with Gasteiger partial charge < -0.3 is 11.1 Å². The number of benzene rings is 1. The Morgan fingerprint density at radius 2 is 1.93 bits per heavy atom. The van der Waals surface area contributed by atoms with Crippen molar-refractivity contribution in [3.05, 3.63) is 28.7 Å². The number of halogens is 2. The van der Waals surface area contributed by atoms with Crippen LogP contribution in [-0.4, -0.2) is 12.5 Å². The van der Waals surface area contributed by atoms with Crippen LogP contribution >= 0.6 is 28.3 Å². The first-order valence-electron chi connectivity index (χ1n) is 3.98. The molecule has 3 N–H and O–H groups in total. The number of anilines is 1. The third-order valence-electron chi connectivity index (χ3n) is 1.50. The highest BCUT2D eigenvalue weighted by Gasteiger charge is 1.99. The molecule has 5 heteroatoms. The zero-order chi connectivity index (χ0) is 9.68. The van der Waals surface area contributed by atoms with E-state index in [2.05, 4.69) is 21.2 Å². The summed E-state index contributed by atoms with van der Waals surface area (Å²) in [5.41, 5.74) is 6.03. The van der Waals surface area contributed by atoms with Gasteiger partial charge in [0.25, 0.3) is 0 Å². The third-order valence-corrected chi connectivity index (χ3v) is 2.03. The highest BCUT2D eigenvalue weighted by atomic mass is 79.9. The van der Waals surface area contributed by atoms with E-state index < -0.39 is 0 Å². The van der Waals surface area contributed by atoms with E-state index in [1.54, 1.807) is 0 Å². The van der Waals surface area contributed by atoms with Crippen molar-refractivity contribution in [3.63, 3.8) is 0 Å². The lowest BCUT2D eigenvalue weighted by atomic mass is 10.3. The Balaban J connectivity index is 0.00000169. The minimum absolute atomic E-state index is 0. The quantitative estimate of drug-likeness (QED) is 0.891. The van der Waals surface area contributed by atoms with Gasteiger partial charge in [-0.05, 0) is 24.3 Å². The lowest BCUT2D eigenvalue weighted by Crippen LogP contribution is -2.15. The number of carbonyl (C=O) groups excluding carboxylic acids is 1. The fraction of sp³-hybridized carbons (Fsp3) is 0.222. The molecule has 1 aromatic carbocycles. The van der Waals surface area contributed by atoms with E-state index in [1.165, 1.54) is 0 Å². The molecular formula is C9H12BrClN2O. The van der Waals surface area contributed by atoms with E-state index in [-0.39, 0.29) is 18.3 Å². The number of hydrogen-bond donors (Lipinski definition) is 2. The fourth-order valence-electron chi connectivity index (χ4n) is 0.888. The molecule has 0 unspecified atom stereocenters. The monoisotopic (exact) mass is 278 g/mol. The summed E-state index contributed by atoms with van der Waals surface area (Å²) in [4.78, 5) is 11.1. The molecule has 0 aliphatic rings. The number of carbonyl (C=O) groups is 1. The van der Waals surface area contributed by atoms with Crippen molar-refractivity contribution in [3.8, 4) is 0 Å². The molecule has 0 spiro atoms. The number of amides is 1. The first-order chi connectivity index (χ1) is 6.22.